The zero-order valence-corrected chi connectivity index (χ0v) is 12.5. The van der Waals surface area contributed by atoms with Crippen LogP contribution in [0.3, 0.4) is 0 Å². The molecule has 1 aromatic rings. The van der Waals surface area contributed by atoms with E-state index in [4.69, 9.17) is 4.74 Å². The Labute approximate surface area is 128 Å². The second-order valence-corrected chi connectivity index (χ2v) is 5.80. The summed E-state index contributed by atoms with van der Waals surface area (Å²) in [4.78, 5) is 37.2. The highest BCUT2D eigenvalue weighted by atomic mass is 16.5. The Morgan fingerprint density at radius 3 is 2.41 bits per heavy atom. The van der Waals surface area contributed by atoms with Crippen molar-refractivity contribution < 1.29 is 19.1 Å². The monoisotopic (exact) mass is 299 g/mol. The number of rotatable bonds is 2. The first-order chi connectivity index (χ1) is 10.5. The first kappa shape index (κ1) is 14.5. The molecule has 2 amide bonds. The molecule has 0 N–H and O–H groups in total. The number of hydrogen-bond donors (Lipinski definition) is 0. The van der Waals surface area contributed by atoms with E-state index in [1.165, 1.54) is 11.8 Å². The van der Waals surface area contributed by atoms with Crippen LogP contribution in [0, 0.1) is 11.8 Å². The number of imide groups is 1. The molecule has 5 nitrogen and oxygen atoms in total. The molecule has 1 aliphatic carbocycles. The number of hydrogen-bond acceptors (Lipinski definition) is 4. The molecule has 2 atom stereocenters. The van der Waals surface area contributed by atoms with E-state index in [1.54, 1.807) is 24.3 Å². The first-order valence-electron chi connectivity index (χ1n) is 7.29. The molecule has 1 heterocycles. The van der Waals surface area contributed by atoms with Crippen molar-refractivity contribution >= 4 is 23.5 Å². The predicted octanol–water partition coefficient (Wildman–Crippen LogP) is 2.46. The largest absolute Gasteiger partial charge is 0.427 e. The Bertz CT molecular complexity index is 674. The Hall–Kier alpha value is -2.43. The van der Waals surface area contributed by atoms with Crippen LogP contribution in [0.4, 0.5) is 5.69 Å². The van der Waals surface area contributed by atoms with Crippen LogP contribution in [-0.4, -0.2) is 17.8 Å². The molecule has 22 heavy (non-hydrogen) atoms. The topological polar surface area (TPSA) is 63.7 Å². The van der Waals surface area contributed by atoms with Crippen LogP contribution in [0.15, 0.2) is 35.9 Å². The van der Waals surface area contributed by atoms with Crippen LogP contribution in [-0.2, 0) is 14.4 Å². The van der Waals surface area contributed by atoms with Gasteiger partial charge in [0, 0.05) is 6.92 Å². The number of anilines is 1. The van der Waals surface area contributed by atoms with Crippen LogP contribution >= 0.6 is 0 Å². The average molecular weight is 299 g/mol. The first-order valence-corrected chi connectivity index (χ1v) is 7.29. The fourth-order valence-corrected chi connectivity index (χ4v) is 3.12. The summed E-state index contributed by atoms with van der Waals surface area (Å²) in [6.45, 7) is 3.31. The summed E-state index contributed by atoms with van der Waals surface area (Å²) in [5.41, 5.74) is 1.69. The van der Waals surface area contributed by atoms with Gasteiger partial charge in [-0.05, 0) is 44.0 Å². The van der Waals surface area contributed by atoms with Crippen molar-refractivity contribution in [2.75, 3.05) is 4.90 Å². The van der Waals surface area contributed by atoms with Crippen molar-refractivity contribution in [2.24, 2.45) is 11.8 Å². The number of ether oxygens (including phenoxy) is 1. The number of fused-ring (bicyclic) bond motifs is 1. The molecule has 1 aliphatic heterocycles. The molecule has 3 rings (SSSR count). The second kappa shape index (κ2) is 5.40. The summed E-state index contributed by atoms with van der Waals surface area (Å²) < 4.78 is 4.96. The SMILES string of the molecule is CC(=O)Oc1ccc(N2C(=O)C3CC=C(C)CC3C2=O)cc1. The Kier molecular flexibility index (Phi) is 3.56. The molecule has 2 aliphatic rings. The third kappa shape index (κ3) is 2.43. The van der Waals surface area contributed by atoms with Crippen molar-refractivity contribution in [3.8, 4) is 5.75 Å². The minimum atomic E-state index is -0.409. The van der Waals surface area contributed by atoms with Crippen LogP contribution in [0.25, 0.3) is 0 Å². The zero-order chi connectivity index (χ0) is 15.9. The number of allylic oxidation sites excluding steroid dienone is 2. The number of carbonyl (C=O) groups is 3. The van der Waals surface area contributed by atoms with Crippen LogP contribution < -0.4 is 9.64 Å². The fraction of sp³-hybridized carbons (Fsp3) is 0.353. The fourth-order valence-electron chi connectivity index (χ4n) is 3.12. The van der Waals surface area contributed by atoms with Gasteiger partial charge in [-0.3, -0.25) is 19.3 Å². The quantitative estimate of drug-likeness (QED) is 0.364. The molecule has 0 bridgehead atoms. The van der Waals surface area contributed by atoms with Gasteiger partial charge in [-0.1, -0.05) is 11.6 Å². The third-order valence-corrected chi connectivity index (χ3v) is 4.18. The number of benzene rings is 1. The Balaban J connectivity index is 1.85. The minimum Gasteiger partial charge on any atom is -0.427 e. The number of amides is 2. The number of nitrogens with zero attached hydrogens (tertiary/aromatic N) is 1. The zero-order valence-electron chi connectivity index (χ0n) is 12.5. The molecule has 0 saturated carbocycles. The van der Waals surface area contributed by atoms with Crippen LogP contribution in [0.5, 0.6) is 5.75 Å². The molecule has 1 fully saturated rings. The van der Waals surface area contributed by atoms with E-state index in [0.29, 0.717) is 24.3 Å². The molecule has 114 valence electrons. The second-order valence-electron chi connectivity index (χ2n) is 5.80. The maximum Gasteiger partial charge on any atom is 0.308 e. The van der Waals surface area contributed by atoms with Crippen molar-refractivity contribution in [3.05, 3.63) is 35.9 Å². The van der Waals surface area contributed by atoms with Gasteiger partial charge < -0.3 is 4.74 Å². The van der Waals surface area contributed by atoms with E-state index >= 15 is 0 Å². The summed E-state index contributed by atoms with van der Waals surface area (Å²) in [6, 6.07) is 6.43. The van der Waals surface area contributed by atoms with Gasteiger partial charge in [0.1, 0.15) is 5.75 Å². The number of carbonyl (C=O) groups excluding carboxylic acids is 3. The molecule has 1 saturated heterocycles. The van der Waals surface area contributed by atoms with Gasteiger partial charge in [-0.15, -0.1) is 0 Å². The van der Waals surface area contributed by atoms with E-state index in [-0.39, 0.29) is 23.7 Å². The van der Waals surface area contributed by atoms with Gasteiger partial charge in [-0.25, -0.2) is 0 Å². The third-order valence-electron chi connectivity index (χ3n) is 4.18. The normalized spacial score (nSPS) is 24.1. The molecule has 1 aromatic carbocycles. The van der Waals surface area contributed by atoms with Crippen molar-refractivity contribution in [1.29, 1.82) is 0 Å². The van der Waals surface area contributed by atoms with Crippen molar-refractivity contribution in [1.82, 2.24) is 0 Å². The summed E-state index contributed by atoms with van der Waals surface area (Å²) in [7, 11) is 0. The molecule has 5 heteroatoms. The Morgan fingerprint density at radius 2 is 1.77 bits per heavy atom. The maximum absolute atomic E-state index is 12.6. The lowest BCUT2D eigenvalue weighted by molar-refractivity contribution is -0.132. The van der Waals surface area contributed by atoms with Crippen LogP contribution in [0.2, 0.25) is 0 Å². The highest BCUT2D eigenvalue weighted by molar-refractivity contribution is 6.22. The number of esters is 1. The molecular formula is C17H17NO4. The highest BCUT2D eigenvalue weighted by Gasteiger charge is 2.48. The summed E-state index contributed by atoms with van der Waals surface area (Å²) in [5, 5.41) is 0. The van der Waals surface area contributed by atoms with Crippen molar-refractivity contribution in [2.45, 2.75) is 26.7 Å². The lowest BCUT2D eigenvalue weighted by Gasteiger charge is -2.18. The van der Waals surface area contributed by atoms with Gasteiger partial charge in [0.2, 0.25) is 11.8 Å². The summed E-state index contributed by atoms with van der Waals surface area (Å²) in [6.07, 6.45) is 3.32. The van der Waals surface area contributed by atoms with Gasteiger partial charge in [0.05, 0.1) is 17.5 Å². The molecule has 2 unspecified atom stereocenters. The summed E-state index contributed by atoms with van der Waals surface area (Å²) >= 11 is 0. The maximum atomic E-state index is 12.6. The predicted molar refractivity (Wildman–Crippen MR) is 80.2 cm³/mol. The summed E-state index contributed by atoms with van der Waals surface area (Å²) in [5.74, 6) is -0.782. The molecular weight excluding hydrogens is 282 g/mol. The Morgan fingerprint density at radius 1 is 1.14 bits per heavy atom. The highest BCUT2D eigenvalue weighted by Crippen LogP contribution is 2.39. The molecule has 0 spiro atoms. The van der Waals surface area contributed by atoms with Crippen molar-refractivity contribution in [3.63, 3.8) is 0 Å². The average Bonchev–Trinajstić information content (AvgIpc) is 2.71. The van der Waals surface area contributed by atoms with Gasteiger partial charge in [0.15, 0.2) is 0 Å². The van der Waals surface area contributed by atoms with Crippen LogP contribution in [0.1, 0.15) is 26.7 Å². The van der Waals surface area contributed by atoms with E-state index < -0.39 is 5.97 Å². The van der Waals surface area contributed by atoms with Gasteiger partial charge in [0.25, 0.3) is 0 Å². The van der Waals surface area contributed by atoms with Gasteiger partial charge >= 0.3 is 5.97 Å². The smallest absolute Gasteiger partial charge is 0.308 e. The molecule has 0 aromatic heterocycles. The molecule has 0 radical (unpaired) electrons. The standard InChI is InChI=1S/C17H17NO4/c1-10-3-8-14-15(9-10)17(21)18(16(14)20)12-4-6-13(7-5-12)22-11(2)19/h3-7,14-15H,8-9H2,1-2H3. The van der Waals surface area contributed by atoms with Gasteiger partial charge in [-0.2, -0.15) is 0 Å². The van der Waals surface area contributed by atoms with E-state index in [9.17, 15) is 14.4 Å². The van der Waals surface area contributed by atoms with E-state index in [2.05, 4.69) is 0 Å². The lowest BCUT2D eigenvalue weighted by Crippen LogP contribution is -2.30. The lowest BCUT2D eigenvalue weighted by atomic mass is 9.82. The van der Waals surface area contributed by atoms with E-state index in [1.807, 2.05) is 13.0 Å². The van der Waals surface area contributed by atoms with E-state index in [0.717, 1.165) is 5.57 Å². The minimum absolute atomic E-state index is 0.136.